The standard InChI is InChI=1S/C25H21Cl2N5O2/c1-3-4-12-30-24(33)19-14-18-15(2)29-32(16-8-6-5-7-9-16)23(18)31(22(19)28-25(30)34)17-10-11-20(26)21(27)13-17/h5-11,13-14H,3-4,12H2,1-2H3. The van der Waals surface area contributed by atoms with Crippen LogP contribution in [0, 0.1) is 6.92 Å². The zero-order valence-corrected chi connectivity index (χ0v) is 20.1. The predicted octanol–water partition coefficient (Wildman–Crippen LogP) is 5.25. The number of hydrogen-bond acceptors (Lipinski definition) is 4. The number of fused-ring (bicyclic) bond motifs is 2. The average molecular weight is 494 g/mol. The molecule has 2 aliphatic rings. The minimum Gasteiger partial charge on any atom is -0.278 e. The Labute approximate surface area is 205 Å². The Kier molecular flexibility index (Phi) is 5.75. The van der Waals surface area contributed by atoms with Crippen LogP contribution in [0.3, 0.4) is 0 Å². The summed E-state index contributed by atoms with van der Waals surface area (Å²) in [5.74, 6) is 0.241. The number of nitrogens with zero attached hydrogens (tertiary/aromatic N) is 5. The first kappa shape index (κ1) is 22.4. The Hall–Kier alpha value is -3.42. The van der Waals surface area contributed by atoms with Gasteiger partial charge in [-0.15, -0.1) is 0 Å². The zero-order chi connectivity index (χ0) is 24.0. The number of halogens is 2. The number of pyridine rings is 1. The Morgan fingerprint density at radius 1 is 0.941 bits per heavy atom. The molecule has 0 atom stereocenters. The molecular formula is C25H21Cl2N5O2. The zero-order valence-electron chi connectivity index (χ0n) is 18.6. The van der Waals surface area contributed by atoms with Gasteiger partial charge in [0.05, 0.1) is 32.7 Å². The van der Waals surface area contributed by atoms with Gasteiger partial charge in [0.25, 0.3) is 5.56 Å². The van der Waals surface area contributed by atoms with Gasteiger partial charge in [-0.2, -0.15) is 10.1 Å². The van der Waals surface area contributed by atoms with Crippen molar-refractivity contribution in [2.24, 2.45) is 0 Å². The Morgan fingerprint density at radius 3 is 2.41 bits per heavy atom. The van der Waals surface area contributed by atoms with E-state index in [-0.39, 0.29) is 11.4 Å². The van der Waals surface area contributed by atoms with Crippen LogP contribution >= 0.6 is 23.2 Å². The van der Waals surface area contributed by atoms with Gasteiger partial charge in [-0.25, -0.2) is 9.48 Å². The van der Waals surface area contributed by atoms with Crippen molar-refractivity contribution in [3.63, 3.8) is 0 Å². The molecule has 0 N–H and O–H groups in total. The summed E-state index contributed by atoms with van der Waals surface area (Å²) in [6.07, 6.45) is 1.57. The molecule has 2 aromatic carbocycles. The molecule has 0 saturated heterocycles. The van der Waals surface area contributed by atoms with Gasteiger partial charge in [0.2, 0.25) is 0 Å². The van der Waals surface area contributed by atoms with Crippen molar-refractivity contribution in [3.8, 4) is 22.8 Å². The first-order chi connectivity index (χ1) is 16.4. The topological polar surface area (TPSA) is 74.7 Å². The summed E-state index contributed by atoms with van der Waals surface area (Å²) in [4.78, 5) is 30.7. The third kappa shape index (κ3) is 3.61. The van der Waals surface area contributed by atoms with E-state index >= 15 is 0 Å². The molecule has 0 unspecified atom stereocenters. The normalized spacial score (nSPS) is 11.5. The van der Waals surface area contributed by atoms with Crippen LogP contribution in [0.25, 0.3) is 33.8 Å². The number of unbranched alkanes of at least 4 members (excludes halogenated alkanes) is 1. The second-order valence-corrected chi connectivity index (χ2v) is 8.90. The van der Waals surface area contributed by atoms with Crippen LogP contribution in [0.1, 0.15) is 25.5 Å². The molecule has 1 aromatic heterocycles. The highest BCUT2D eigenvalue weighted by Crippen LogP contribution is 2.33. The van der Waals surface area contributed by atoms with E-state index in [9.17, 15) is 9.59 Å². The van der Waals surface area contributed by atoms with E-state index in [0.717, 1.165) is 23.2 Å². The van der Waals surface area contributed by atoms with Crippen LogP contribution in [0.5, 0.6) is 0 Å². The average Bonchev–Trinajstić information content (AvgIpc) is 3.16. The molecule has 0 radical (unpaired) electrons. The summed E-state index contributed by atoms with van der Waals surface area (Å²) in [7, 11) is 0. The molecular weight excluding hydrogens is 473 g/mol. The Bertz CT molecular complexity index is 1620. The van der Waals surface area contributed by atoms with E-state index < -0.39 is 5.69 Å². The molecule has 7 nitrogen and oxygen atoms in total. The van der Waals surface area contributed by atoms with Gasteiger partial charge < -0.3 is 0 Å². The van der Waals surface area contributed by atoms with E-state index in [4.69, 9.17) is 28.3 Å². The van der Waals surface area contributed by atoms with Crippen molar-refractivity contribution < 1.29 is 0 Å². The third-order valence-corrected chi connectivity index (χ3v) is 6.58. The summed E-state index contributed by atoms with van der Waals surface area (Å²) in [6.45, 7) is 4.22. The van der Waals surface area contributed by atoms with E-state index in [1.54, 1.807) is 33.5 Å². The van der Waals surface area contributed by atoms with Crippen LogP contribution in [0.15, 0.2) is 64.2 Å². The van der Waals surface area contributed by atoms with E-state index in [1.807, 2.05) is 44.2 Å². The molecule has 0 saturated carbocycles. The molecule has 0 spiro atoms. The Morgan fingerprint density at radius 2 is 1.71 bits per heavy atom. The molecule has 2 aliphatic heterocycles. The SMILES string of the molecule is CCCCn1c(=O)nc2n(-c3ccc(Cl)c(Cl)c3)c3c(cc-2c1=O)c(C)nn3-c1ccccc1. The first-order valence-electron chi connectivity index (χ1n) is 11.0. The molecule has 0 aliphatic carbocycles. The maximum atomic E-state index is 13.4. The van der Waals surface area contributed by atoms with Gasteiger partial charge in [0.15, 0.2) is 5.82 Å². The van der Waals surface area contributed by atoms with Gasteiger partial charge in [0, 0.05) is 11.9 Å². The van der Waals surface area contributed by atoms with Crippen molar-refractivity contribution in [1.82, 2.24) is 23.9 Å². The van der Waals surface area contributed by atoms with E-state index in [2.05, 4.69) is 4.98 Å². The number of aryl methyl sites for hydroxylation is 1. The second-order valence-electron chi connectivity index (χ2n) is 8.09. The maximum Gasteiger partial charge on any atom is 0.352 e. The van der Waals surface area contributed by atoms with Gasteiger partial charge in [-0.1, -0.05) is 54.7 Å². The molecule has 5 rings (SSSR count). The maximum absolute atomic E-state index is 13.4. The van der Waals surface area contributed by atoms with Crippen molar-refractivity contribution >= 4 is 34.2 Å². The van der Waals surface area contributed by atoms with Gasteiger partial charge >= 0.3 is 5.69 Å². The van der Waals surface area contributed by atoms with E-state index in [0.29, 0.717) is 39.9 Å². The molecule has 3 aromatic rings. The van der Waals surface area contributed by atoms with Crippen molar-refractivity contribution in [1.29, 1.82) is 0 Å². The molecule has 9 heteroatoms. The van der Waals surface area contributed by atoms with Crippen LogP contribution < -0.4 is 11.2 Å². The fourth-order valence-corrected chi connectivity index (χ4v) is 4.42. The van der Waals surface area contributed by atoms with E-state index in [1.165, 1.54) is 4.57 Å². The lowest BCUT2D eigenvalue weighted by atomic mass is 10.1. The lowest BCUT2D eigenvalue weighted by molar-refractivity contribution is 0.582. The second kappa shape index (κ2) is 8.74. The molecule has 3 heterocycles. The van der Waals surface area contributed by atoms with Crippen molar-refractivity contribution in [3.05, 3.63) is 91.2 Å². The Balaban J connectivity index is 1.97. The quantitative estimate of drug-likeness (QED) is 0.334. The van der Waals surface area contributed by atoms with Crippen molar-refractivity contribution in [2.45, 2.75) is 33.2 Å². The highest BCUT2D eigenvalue weighted by atomic mass is 35.5. The van der Waals surface area contributed by atoms with Crippen LogP contribution in [0.2, 0.25) is 10.0 Å². The fraction of sp³-hybridized carbons (Fsp3) is 0.200. The predicted molar refractivity (Wildman–Crippen MR) is 135 cm³/mol. The summed E-state index contributed by atoms with van der Waals surface area (Å²) in [5, 5.41) is 6.26. The number of aromatic nitrogens is 5. The number of rotatable bonds is 5. The fourth-order valence-electron chi connectivity index (χ4n) is 4.12. The minimum atomic E-state index is -0.582. The van der Waals surface area contributed by atoms with Crippen LogP contribution in [-0.4, -0.2) is 23.9 Å². The third-order valence-electron chi connectivity index (χ3n) is 5.84. The highest BCUT2D eigenvalue weighted by molar-refractivity contribution is 6.42. The summed E-state index contributed by atoms with van der Waals surface area (Å²) >= 11 is 12.5. The number of para-hydroxylation sites is 1. The molecule has 0 fully saturated rings. The molecule has 0 bridgehead atoms. The summed E-state index contributed by atoms with van der Waals surface area (Å²) < 4.78 is 4.74. The van der Waals surface area contributed by atoms with Crippen molar-refractivity contribution in [2.75, 3.05) is 0 Å². The summed E-state index contributed by atoms with van der Waals surface area (Å²) in [6, 6.07) is 16.6. The lowest BCUT2D eigenvalue weighted by Crippen LogP contribution is -2.38. The smallest absolute Gasteiger partial charge is 0.278 e. The number of benzene rings is 2. The summed E-state index contributed by atoms with van der Waals surface area (Å²) in [5.41, 5.74) is 2.22. The molecule has 172 valence electrons. The van der Waals surface area contributed by atoms with Crippen LogP contribution in [-0.2, 0) is 6.54 Å². The molecule has 0 amide bonds. The van der Waals surface area contributed by atoms with Gasteiger partial charge in [-0.05, 0) is 49.7 Å². The lowest BCUT2D eigenvalue weighted by Gasteiger charge is -2.19. The minimum absolute atomic E-state index is 0.241. The largest absolute Gasteiger partial charge is 0.352 e. The first-order valence-corrected chi connectivity index (χ1v) is 11.7. The van der Waals surface area contributed by atoms with Gasteiger partial charge in [0.1, 0.15) is 5.65 Å². The monoisotopic (exact) mass is 493 g/mol. The highest BCUT2D eigenvalue weighted by Gasteiger charge is 2.25. The number of hydrogen-bond donors (Lipinski definition) is 0. The van der Waals surface area contributed by atoms with Gasteiger partial charge in [-0.3, -0.25) is 13.9 Å². The molecule has 34 heavy (non-hydrogen) atoms. The van der Waals surface area contributed by atoms with Crippen LogP contribution in [0.4, 0.5) is 0 Å².